The van der Waals surface area contributed by atoms with Crippen molar-refractivity contribution in [2.75, 3.05) is 5.32 Å². The lowest BCUT2D eigenvalue weighted by atomic mass is 10.2. The number of carbonyl (C=O) groups is 1. The Morgan fingerprint density at radius 3 is 3.00 bits per heavy atom. The van der Waals surface area contributed by atoms with E-state index < -0.39 is 0 Å². The molecular weight excluding hydrogens is 366 g/mol. The number of thiophene rings is 1. The second-order valence-corrected chi connectivity index (χ2v) is 6.78. The topological polar surface area (TPSA) is 108 Å². The van der Waals surface area contributed by atoms with Gasteiger partial charge in [-0.25, -0.2) is 9.67 Å². The normalized spacial score (nSPS) is 11.0. The van der Waals surface area contributed by atoms with Gasteiger partial charge in [-0.05, 0) is 34.0 Å². The molecule has 0 atom stereocenters. The molecule has 9 nitrogen and oxygen atoms in total. The summed E-state index contributed by atoms with van der Waals surface area (Å²) < 4.78 is 3.01. The Morgan fingerprint density at radius 1 is 1.30 bits per heavy atom. The van der Waals surface area contributed by atoms with E-state index in [1.54, 1.807) is 29.9 Å². The number of benzene rings is 1. The average Bonchev–Trinajstić information content (AvgIpc) is 3.30. The summed E-state index contributed by atoms with van der Waals surface area (Å²) in [6.07, 6.45) is 1.64. The minimum Gasteiger partial charge on any atom is -0.326 e. The zero-order valence-corrected chi connectivity index (χ0v) is 15.2. The standard InChI is InChI=1S/C17H15N7O2S/c1-23-15(20-21-22-23)11-3-2-4-12(9-11)19-14(25)5-7-24-10-18-16-13(17(24)26)6-8-27-16/h2-4,6,8-10H,5,7H2,1H3,(H,19,25). The van der Waals surface area contributed by atoms with Gasteiger partial charge < -0.3 is 5.32 Å². The lowest BCUT2D eigenvalue weighted by Crippen LogP contribution is -2.23. The fourth-order valence-corrected chi connectivity index (χ4v) is 3.43. The third kappa shape index (κ3) is 3.47. The van der Waals surface area contributed by atoms with Crippen LogP contribution in [-0.2, 0) is 18.4 Å². The summed E-state index contributed by atoms with van der Waals surface area (Å²) in [5, 5.41) is 16.6. The van der Waals surface area contributed by atoms with Crippen molar-refractivity contribution in [3.05, 3.63) is 52.4 Å². The Balaban J connectivity index is 1.44. The third-order valence-electron chi connectivity index (χ3n) is 4.05. The van der Waals surface area contributed by atoms with Crippen molar-refractivity contribution in [1.29, 1.82) is 0 Å². The number of hydrogen-bond donors (Lipinski definition) is 1. The van der Waals surface area contributed by atoms with Crippen LogP contribution in [0, 0.1) is 0 Å². The number of aromatic nitrogens is 6. The highest BCUT2D eigenvalue weighted by Crippen LogP contribution is 2.19. The minimum atomic E-state index is -0.194. The summed E-state index contributed by atoms with van der Waals surface area (Å²) in [5.74, 6) is 0.411. The Kier molecular flexibility index (Phi) is 4.47. The van der Waals surface area contributed by atoms with E-state index in [4.69, 9.17) is 0 Å². The highest BCUT2D eigenvalue weighted by Gasteiger charge is 2.10. The maximum Gasteiger partial charge on any atom is 0.262 e. The summed E-state index contributed by atoms with van der Waals surface area (Å²) in [7, 11) is 1.75. The second kappa shape index (κ2) is 7.08. The Labute approximate surface area is 157 Å². The molecule has 136 valence electrons. The van der Waals surface area contributed by atoms with Crippen LogP contribution < -0.4 is 10.9 Å². The van der Waals surface area contributed by atoms with E-state index in [0.717, 1.165) is 5.56 Å². The molecule has 0 unspecified atom stereocenters. The Hall–Kier alpha value is -3.40. The summed E-state index contributed by atoms with van der Waals surface area (Å²) in [6.45, 7) is 0.260. The molecule has 1 amide bonds. The molecule has 0 saturated carbocycles. The summed E-state index contributed by atoms with van der Waals surface area (Å²) in [6, 6.07) is 9.02. The van der Waals surface area contributed by atoms with Crippen LogP contribution >= 0.6 is 11.3 Å². The van der Waals surface area contributed by atoms with Crippen LogP contribution in [0.1, 0.15) is 6.42 Å². The molecule has 0 saturated heterocycles. The first-order valence-electron chi connectivity index (χ1n) is 8.17. The van der Waals surface area contributed by atoms with Gasteiger partial charge in [0.15, 0.2) is 5.82 Å². The van der Waals surface area contributed by atoms with Crippen LogP contribution in [0.3, 0.4) is 0 Å². The van der Waals surface area contributed by atoms with Gasteiger partial charge in [-0.1, -0.05) is 12.1 Å². The fourth-order valence-electron chi connectivity index (χ4n) is 2.71. The zero-order chi connectivity index (χ0) is 18.8. The summed E-state index contributed by atoms with van der Waals surface area (Å²) in [4.78, 5) is 29.6. The van der Waals surface area contributed by atoms with Gasteiger partial charge >= 0.3 is 0 Å². The van der Waals surface area contributed by atoms with E-state index in [-0.39, 0.29) is 24.4 Å². The number of hydrogen-bond acceptors (Lipinski definition) is 7. The molecule has 3 heterocycles. The van der Waals surface area contributed by atoms with Crippen molar-refractivity contribution in [1.82, 2.24) is 29.8 Å². The molecule has 0 aliphatic heterocycles. The monoisotopic (exact) mass is 381 g/mol. The first-order chi connectivity index (χ1) is 13.1. The zero-order valence-electron chi connectivity index (χ0n) is 14.4. The quantitative estimate of drug-likeness (QED) is 0.563. The molecule has 1 aromatic carbocycles. The highest BCUT2D eigenvalue weighted by atomic mass is 32.1. The summed E-state index contributed by atoms with van der Waals surface area (Å²) in [5.41, 5.74) is 1.30. The Bertz CT molecular complexity index is 1180. The summed E-state index contributed by atoms with van der Waals surface area (Å²) >= 11 is 1.42. The molecule has 10 heteroatoms. The van der Waals surface area contributed by atoms with E-state index in [1.807, 2.05) is 17.5 Å². The molecule has 3 aromatic heterocycles. The predicted molar refractivity (Wildman–Crippen MR) is 101 cm³/mol. The van der Waals surface area contributed by atoms with Crippen molar-refractivity contribution in [2.45, 2.75) is 13.0 Å². The van der Waals surface area contributed by atoms with E-state index in [2.05, 4.69) is 25.8 Å². The molecule has 4 rings (SSSR count). The molecular formula is C17H15N7O2S. The number of amides is 1. The van der Waals surface area contributed by atoms with E-state index in [1.165, 1.54) is 22.2 Å². The van der Waals surface area contributed by atoms with Crippen molar-refractivity contribution in [3.63, 3.8) is 0 Å². The Morgan fingerprint density at radius 2 is 2.19 bits per heavy atom. The van der Waals surface area contributed by atoms with E-state index >= 15 is 0 Å². The maximum absolute atomic E-state index is 12.3. The van der Waals surface area contributed by atoms with Crippen molar-refractivity contribution >= 4 is 33.1 Å². The van der Waals surface area contributed by atoms with E-state index in [9.17, 15) is 9.59 Å². The molecule has 27 heavy (non-hydrogen) atoms. The lowest BCUT2D eigenvalue weighted by Gasteiger charge is -2.08. The second-order valence-electron chi connectivity index (χ2n) is 5.89. The van der Waals surface area contributed by atoms with Crippen LogP contribution in [0.25, 0.3) is 21.6 Å². The number of tetrazole rings is 1. The molecule has 1 N–H and O–H groups in total. The van der Waals surface area contributed by atoms with Gasteiger partial charge in [0, 0.05) is 31.3 Å². The first-order valence-corrected chi connectivity index (χ1v) is 9.05. The van der Waals surface area contributed by atoms with Crippen LogP contribution in [0.15, 0.2) is 46.8 Å². The largest absolute Gasteiger partial charge is 0.326 e. The van der Waals surface area contributed by atoms with Gasteiger partial charge in [0.2, 0.25) is 5.91 Å². The molecule has 0 spiro atoms. The van der Waals surface area contributed by atoms with Crippen LogP contribution in [0.2, 0.25) is 0 Å². The third-order valence-corrected chi connectivity index (χ3v) is 4.88. The molecule has 0 aliphatic rings. The number of anilines is 1. The molecule has 0 aliphatic carbocycles. The van der Waals surface area contributed by atoms with Crippen LogP contribution in [0.5, 0.6) is 0 Å². The molecule has 0 radical (unpaired) electrons. The number of nitrogens with one attached hydrogen (secondary N) is 1. The van der Waals surface area contributed by atoms with Crippen molar-refractivity contribution in [2.24, 2.45) is 7.05 Å². The number of fused-ring (bicyclic) bond motifs is 1. The van der Waals surface area contributed by atoms with Gasteiger partial charge in [0.25, 0.3) is 5.56 Å². The molecule has 0 bridgehead atoms. The fraction of sp³-hybridized carbons (Fsp3) is 0.176. The van der Waals surface area contributed by atoms with Gasteiger partial charge in [-0.2, -0.15) is 0 Å². The van der Waals surface area contributed by atoms with Gasteiger partial charge in [-0.15, -0.1) is 16.4 Å². The lowest BCUT2D eigenvalue weighted by molar-refractivity contribution is -0.116. The minimum absolute atomic E-state index is 0.133. The van der Waals surface area contributed by atoms with Crippen molar-refractivity contribution < 1.29 is 4.79 Å². The maximum atomic E-state index is 12.3. The van der Waals surface area contributed by atoms with Gasteiger partial charge in [0.05, 0.1) is 11.7 Å². The SMILES string of the molecule is Cn1nnnc1-c1cccc(NC(=O)CCn2cnc3sccc3c2=O)c1. The van der Waals surface area contributed by atoms with Gasteiger partial charge in [-0.3, -0.25) is 14.2 Å². The van der Waals surface area contributed by atoms with Crippen LogP contribution in [-0.4, -0.2) is 35.7 Å². The highest BCUT2D eigenvalue weighted by molar-refractivity contribution is 7.16. The van der Waals surface area contributed by atoms with E-state index in [0.29, 0.717) is 21.7 Å². The molecule has 4 aromatic rings. The number of nitrogens with zero attached hydrogens (tertiary/aromatic N) is 6. The van der Waals surface area contributed by atoms with Crippen molar-refractivity contribution in [3.8, 4) is 11.4 Å². The first kappa shape index (κ1) is 17.0. The molecule has 0 fully saturated rings. The number of rotatable bonds is 5. The predicted octanol–water partition coefficient (Wildman–Crippen LogP) is 1.68. The van der Waals surface area contributed by atoms with Crippen LogP contribution in [0.4, 0.5) is 5.69 Å². The van der Waals surface area contributed by atoms with Gasteiger partial charge in [0.1, 0.15) is 4.83 Å². The number of carbonyl (C=O) groups excluding carboxylic acids is 1. The smallest absolute Gasteiger partial charge is 0.262 e. The average molecular weight is 381 g/mol. The number of aryl methyl sites for hydroxylation is 2.